The van der Waals surface area contributed by atoms with E-state index in [1.165, 1.54) is 4.88 Å². The van der Waals surface area contributed by atoms with Crippen LogP contribution < -0.4 is 5.32 Å². The van der Waals surface area contributed by atoms with Crippen molar-refractivity contribution in [1.29, 1.82) is 5.26 Å². The number of aromatic nitrogens is 1. The average molecular weight is 265 g/mol. The molecule has 0 bridgehead atoms. The van der Waals surface area contributed by atoms with E-state index in [-0.39, 0.29) is 11.5 Å². The summed E-state index contributed by atoms with van der Waals surface area (Å²) in [7, 11) is 0. The highest BCUT2D eigenvalue weighted by molar-refractivity contribution is 7.11. The fourth-order valence-corrected chi connectivity index (χ4v) is 2.57. The maximum atomic E-state index is 8.64. The maximum Gasteiger partial charge on any atom is 0.109 e. The summed E-state index contributed by atoms with van der Waals surface area (Å²) in [6.45, 7) is 9.61. The van der Waals surface area contributed by atoms with Crippen LogP contribution in [0.3, 0.4) is 0 Å². The average Bonchev–Trinajstić information content (AvgIpc) is 2.82. The first-order chi connectivity index (χ1) is 8.48. The van der Waals surface area contributed by atoms with Gasteiger partial charge in [-0.05, 0) is 25.2 Å². The quantitative estimate of drug-likeness (QED) is 0.818. The molecule has 0 aliphatic heterocycles. The molecule has 0 radical (unpaired) electrons. The van der Waals surface area contributed by atoms with Crippen LogP contribution >= 0.6 is 11.3 Å². The predicted molar refractivity (Wildman–Crippen MR) is 76.5 cm³/mol. The molecule has 0 fully saturated rings. The van der Waals surface area contributed by atoms with E-state index < -0.39 is 0 Å². The Morgan fingerprint density at radius 3 is 2.83 bits per heavy atom. The topological polar surface area (TPSA) is 48.7 Å². The van der Waals surface area contributed by atoms with Crippen molar-refractivity contribution in [3.63, 3.8) is 0 Å². The van der Waals surface area contributed by atoms with E-state index in [0.717, 1.165) is 24.4 Å². The van der Waals surface area contributed by atoms with Crippen molar-refractivity contribution in [3.05, 3.63) is 16.1 Å². The van der Waals surface area contributed by atoms with Crippen LogP contribution in [0.25, 0.3) is 0 Å². The predicted octanol–water partition coefficient (Wildman–Crippen LogP) is 3.69. The van der Waals surface area contributed by atoms with E-state index in [9.17, 15) is 0 Å². The summed E-state index contributed by atoms with van der Waals surface area (Å²) >= 11 is 1.78. The molecule has 3 nitrogen and oxygen atoms in total. The fraction of sp³-hybridized carbons (Fsp3) is 0.714. The second-order valence-electron chi connectivity index (χ2n) is 5.44. The molecule has 0 saturated heterocycles. The van der Waals surface area contributed by atoms with Gasteiger partial charge in [0, 0.05) is 24.0 Å². The van der Waals surface area contributed by atoms with Crippen LogP contribution in [0.15, 0.2) is 6.20 Å². The lowest BCUT2D eigenvalue weighted by atomic mass is 9.88. The van der Waals surface area contributed by atoms with Crippen LogP contribution in [0.2, 0.25) is 0 Å². The number of nitriles is 1. The molecule has 0 aliphatic rings. The largest absolute Gasteiger partial charge is 0.308 e. The molecular weight excluding hydrogens is 242 g/mol. The monoisotopic (exact) mass is 265 g/mol. The molecule has 1 aromatic rings. The molecule has 0 aromatic carbocycles. The molecule has 1 N–H and O–H groups in total. The summed E-state index contributed by atoms with van der Waals surface area (Å²) in [5.41, 5.74) is 0.162. The molecule has 4 heteroatoms. The van der Waals surface area contributed by atoms with Gasteiger partial charge in [0.15, 0.2) is 0 Å². The number of rotatable bonds is 7. The number of thiazole rings is 1. The van der Waals surface area contributed by atoms with E-state index in [0.29, 0.717) is 6.42 Å². The fourth-order valence-electron chi connectivity index (χ4n) is 1.69. The number of aryl methyl sites for hydroxylation is 1. The zero-order chi connectivity index (χ0) is 13.6. The second-order valence-corrected chi connectivity index (χ2v) is 6.59. The highest BCUT2D eigenvalue weighted by atomic mass is 32.1. The van der Waals surface area contributed by atoms with Gasteiger partial charge >= 0.3 is 0 Å². The molecule has 100 valence electrons. The smallest absolute Gasteiger partial charge is 0.109 e. The summed E-state index contributed by atoms with van der Waals surface area (Å²) in [6, 6.07) is 2.50. The van der Waals surface area contributed by atoms with E-state index in [1.54, 1.807) is 11.3 Å². The van der Waals surface area contributed by atoms with Crippen LogP contribution in [0.5, 0.6) is 0 Å². The van der Waals surface area contributed by atoms with Gasteiger partial charge in [-0.2, -0.15) is 5.26 Å². The summed E-state index contributed by atoms with van der Waals surface area (Å²) in [4.78, 5) is 5.79. The van der Waals surface area contributed by atoms with Gasteiger partial charge in [-0.15, -0.1) is 11.3 Å². The number of nitrogens with zero attached hydrogens (tertiary/aromatic N) is 2. The van der Waals surface area contributed by atoms with E-state index in [1.807, 2.05) is 6.20 Å². The van der Waals surface area contributed by atoms with Gasteiger partial charge in [0.05, 0.1) is 12.1 Å². The Morgan fingerprint density at radius 2 is 2.28 bits per heavy atom. The van der Waals surface area contributed by atoms with Crippen molar-refractivity contribution < 1.29 is 0 Å². The lowest BCUT2D eigenvalue weighted by molar-refractivity contribution is 0.304. The molecule has 1 rings (SSSR count). The van der Waals surface area contributed by atoms with E-state index >= 15 is 0 Å². The standard InChI is InChI=1S/C14H23N3S/c1-5-12-9-16-13(18-12)11(2)17-10-14(3,4)7-6-8-15/h9,11,17H,5-7,10H2,1-4H3. The van der Waals surface area contributed by atoms with Crippen molar-refractivity contribution in [1.82, 2.24) is 10.3 Å². The number of hydrogen-bond acceptors (Lipinski definition) is 4. The Kier molecular flexibility index (Phi) is 5.77. The lowest BCUT2D eigenvalue weighted by Gasteiger charge is -2.25. The van der Waals surface area contributed by atoms with Crippen molar-refractivity contribution in [2.45, 2.75) is 53.0 Å². The minimum absolute atomic E-state index is 0.162. The van der Waals surface area contributed by atoms with E-state index in [4.69, 9.17) is 5.26 Å². The Balaban J connectivity index is 2.45. The Labute approximate surface area is 114 Å². The first-order valence-corrected chi connectivity index (χ1v) is 7.35. The van der Waals surface area contributed by atoms with Gasteiger partial charge in [-0.1, -0.05) is 20.8 Å². The molecule has 0 aliphatic carbocycles. The van der Waals surface area contributed by atoms with Crippen molar-refractivity contribution >= 4 is 11.3 Å². The van der Waals surface area contributed by atoms with Crippen LogP contribution in [0.1, 0.15) is 56.5 Å². The normalized spacial score (nSPS) is 13.3. The molecule has 0 spiro atoms. The van der Waals surface area contributed by atoms with Gasteiger partial charge in [0.1, 0.15) is 5.01 Å². The summed E-state index contributed by atoms with van der Waals surface area (Å²) in [5.74, 6) is 0. The molecule has 1 unspecified atom stereocenters. The van der Waals surface area contributed by atoms with Gasteiger partial charge in [0.25, 0.3) is 0 Å². The lowest BCUT2D eigenvalue weighted by Crippen LogP contribution is -2.31. The van der Waals surface area contributed by atoms with Crippen molar-refractivity contribution in [3.8, 4) is 6.07 Å². The van der Waals surface area contributed by atoms with Crippen LogP contribution in [-0.4, -0.2) is 11.5 Å². The number of nitrogens with one attached hydrogen (secondary N) is 1. The molecule has 0 saturated carbocycles. The van der Waals surface area contributed by atoms with Crippen molar-refractivity contribution in [2.75, 3.05) is 6.54 Å². The third kappa shape index (κ3) is 4.75. The number of hydrogen-bond donors (Lipinski definition) is 1. The second kappa shape index (κ2) is 6.86. The van der Waals surface area contributed by atoms with Crippen LogP contribution in [-0.2, 0) is 6.42 Å². The first-order valence-electron chi connectivity index (χ1n) is 6.53. The molecule has 0 amide bonds. The maximum absolute atomic E-state index is 8.64. The first kappa shape index (κ1) is 15.1. The Hall–Kier alpha value is -0.920. The third-order valence-electron chi connectivity index (χ3n) is 3.09. The third-order valence-corrected chi connectivity index (χ3v) is 4.42. The SMILES string of the molecule is CCc1cnc(C(C)NCC(C)(C)CCC#N)s1. The molecule has 1 heterocycles. The molecular formula is C14H23N3S. The highest BCUT2D eigenvalue weighted by Gasteiger charge is 2.19. The minimum Gasteiger partial charge on any atom is -0.308 e. The van der Waals surface area contributed by atoms with E-state index in [2.05, 4.69) is 44.1 Å². The highest BCUT2D eigenvalue weighted by Crippen LogP contribution is 2.24. The molecule has 1 atom stereocenters. The summed E-state index contributed by atoms with van der Waals surface area (Å²) < 4.78 is 0. The summed E-state index contributed by atoms with van der Waals surface area (Å²) in [5, 5.41) is 13.3. The summed E-state index contributed by atoms with van der Waals surface area (Å²) in [6.07, 6.45) is 4.58. The van der Waals surface area contributed by atoms with Gasteiger partial charge in [-0.3, -0.25) is 0 Å². The van der Waals surface area contributed by atoms with Crippen molar-refractivity contribution in [2.24, 2.45) is 5.41 Å². The molecule has 18 heavy (non-hydrogen) atoms. The van der Waals surface area contributed by atoms with Gasteiger partial charge < -0.3 is 5.32 Å². The Morgan fingerprint density at radius 1 is 1.56 bits per heavy atom. The minimum atomic E-state index is 0.162. The van der Waals surface area contributed by atoms with Crippen LogP contribution in [0, 0.1) is 16.7 Å². The zero-order valence-corrected chi connectivity index (χ0v) is 12.6. The van der Waals surface area contributed by atoms with Crippen LogP contribution in [0.4, 0.5) is 0 Å². The van der Waals surface area contributed by atoms with Gasteiger partial charge in [-0.25, -0.2) is 4.98 Å². The molecule has 1 aromatic heterocycles. The zero-order valence-electron chi connectivity index (χ0n) is 11.8. The Bertz CT molecular complexity index is 403. The van der Waals surface area contributed by atoms with Gasteiger partial charge in [0.2, 0.25) is 0 Å².